The van der Waals surface area contributed by atoms with Crippen LogP contribution in [0.1, 0.15) is 10.6 Å². The van der Waals surface area contributed by atoms with Gasteiger partial charge in [-0.3, -0.25) is 0 Å². The summed E-state index contributed by atoms with van der Waals surface area (Å²) < 4.78 is 0. The Morgan fingerprint density at radius 3 is 3.07 bits per heavy atom. The van der Waals surface area contributed by atoms with Crippen LogP contribution in [-0.4, -0.2) is 11.5 Å². The highest BCUT2D eigenvalue weighted by Gasteiger charge is 1.95. The van der Waals surface area contributed by atoms with Crippen molar-refractivity contribution in [3.8, 4) is 0 Å². The Morgan fingerprint density at radius 1 is 1.36 bits per heavy atom. The van der Waals surface area contributed by atoms with E-state index in [0.717, 1.165) is 24.5 Å². The highest BCUT2D eigenvalue weighted by atomic mass is 32.1. The maximum absolute atomic E-state index is 4.21. The van der Waals surface area contributed by atoms with Crippen LogP contribution in [0.15, 0.2) is 28.4 Å². The maximum Gasteiger partial charge on any atom is 0.106 e. The predicted octanol–water partition coefficient (Wildman–Crippen LogP) is 2.54. The number of aromatic nitrogens is 1. The zero-order chi connectivity index (χ0) is 9.64. The van der Waals surface area contributed by atoms with Gasteiger partial charge in [0.1, 0.15) is 5.01 Å². The normalized spacial score (nSPS) is 10.6. The van der Waals surface area contributed by atoms with E-state index in [4.69, 9.17) is 0 Å². The summed E-state index contributed by atoms with van der Waals surface area (Å²) in [5, 5.41) is 10.9. The molecule has 0 saturated carbocycles. The topological polar surface area (TPSA) is 24.9 Å². The minimum Gasteiger partial charge on any atom is -0.310 e. The van der Waals surface area contributed by atoms with Gasteiger partial charge in [-0.25, -0.2) is 4.98 Å². The van der Waals surface area contributed by atoms with E-state index in [1.165, 1.54) is 5.56 Å². The van der Waals surface area contributed by atoms with Crippen molar-refractivity contribution in [2.24, 2.45) is 0 Å². The van der Waals surface area contributed by atoms with Gasteiger partial charge in [-0.1, -0.05) is 0 Å². The molecule has 0 unspecified atom stereocenters. The molecule has 0 radical (unpaired) electrons. The lowest BCUT2D eigenvalue weighted by molar-refractivity contribution is 0.685. The molecule has 0 spiro atoms. The Hall–Kier alpha value is -0.710. The van der Waals surface area contributed by atoms with E-state index in [9.17, 15) is 0 Å². The third-order valence-electron chi connectivity index (χ3n) is 1.93. The molecule has 0 amide bonds. The molecular formula is C10H12N2S2. The number of nitrogens with one attached hydrogen (secondary N) is 1. The van der Waals surface area contributed by atoms with Crippen molar-refractivity contribution < 1.29 is 0 Å². The van der Waals surface area contributed by atoms with E-state index in [1.807, 2.05) is 11.6 Å². The first-order valence-corrected chi connectivity index (χ1v) is 6.37. The van der Waals surface area contributed by atoms with Crippen molar-refractivity contribution in [1.29, 1.82) is 0 Å². The smallest absolute Gasteiger partial charge is 0.106 e. The number of rotatable bonds is 5. The minimum absolute atomic E-state index is 0.891. The molecule has 0 atom stereocenters. The average molecular weight is 224 g/mol. The van der Waals surface area contributed by atoms with Crippen LogP contribution >= 0.6 is 22.7 Å². The van der Waals surface area contributed by atoms with Gasteiger partial charge in [0.05, 0.1) is 0 Å². The summed E-state index contributed by atoms with van der Waals surface area (Å²) in [6, 6.07) is 2.18. The second-order valence-electron chi connectivity index (χ2n) is 2.98. The highest BCUT2D eigenvalue weighted by molar-refractivity contribution is 7.09. The molecular weight excluding hydrogens is 212 g/mol. The lowest BCUT2D eigenvalue weighted by Crippen LogP contribution is -2.16. The van der Waals surface area contributed by atoms with E-state index in [0.29, 0.717) is 0 Å². The Kier molecular flexibility index (Phi) is 3.68. The summed E-state index contributed by atoms with van der Waals surface area (Å²) in [5.74, 6) is 0. The summed E-state index contributed by atoms with van der Waals surface area (Å²) in [6.07, 6.45) is 2.95. The molecule has 1 N–H and O–H groups in total. The van der Waals surface area contributed by atoms with Gasteiger partial charge in [0.2, 0.25) is 0 Å². The van der Waals surface area contributed by atoms with Crippen molar-refractivity contribution >= 4 is 22.7 Å². The Bertz CT molecular complexity index is 304. The molecule has 2 aromatic rings. The number of nitrogens with zero attached hydrogens (tertiary/aromatic N) is 1. The van der Waals surface area contributed by atoms with E-state index in [1.54, 1.807) is 22.7 Å². The second kappa shape index (κ2) is 5.24. The molecule has 2 nitrogen and oxygen atoms in total. The van der Waals surface area contributed by atoms with Gasteiger partial charge in [0.15, 0.2) is 0 Å². The summed E-state index contributed by atoms with van der Waals surface area (Å²) >= 11 is 3.46. The van der Waals surface area contributed by atoms with Gasteiger partial charge >= 0.3 is 0 Å². The summed E-state index contributed by atoms with van der Waals surface area (Å²) in [6.45, 7) is 1.91. The summed E-state index contributed by atoms with van der Waals surface area (Å²) in [4.78, 5) is 4.21. The van der Waals surface area contributed by atoms with Crippen LogP contribution in [-0.2, 0) is 13.0 Å². The van der Waals surface area contributed by atoms with Gasteiger partial charge in [0.25, 0.3) is 0 Å². The molecule has 0 saturated heterocycles. The Balaban J connectivity index is 1.65. The fraction of sp³-hybridized carbons (Fsp3) is 0.300. The van der Waals surface area contributed by atoms with Crippen LogP contribution in [0.2, 0.25) is 0 Å². The molecule has 4 heteroatoms. The van der Waals surface area contributed by atoms with E-state index in [-0.39, 0.29) is 0 Å². The SMILES string of the molecule is c1csc(CNCCc2ccsc2)n1. The molecule has 0 aliphatic heterocycles. The molecule has 2 aromatic heterocycles. The second-order valence-corrected chi connectivity index (χ2v) is 4.74. The van der Waals surface area contributed by atoms with Crippen molar-refractivity contribution in [2.45, 2.75) is 13.0 Å². The minimum atomic E-state index is 0.891. The van der Waals surface area contributed by atoms with Gasteiger partial charge in [0, 0.05) is 18.1 Å². The molecule has 14 heavy (non-hydrogen) atoms. The van der Waals surface area contributed by atoms with E-state index < -0.39 is 0 Å². The van der Waals surface area contributed by atoms with Crippen LogP contribution in [0, 0.1) is 0 Å². The van der Waals surface area contributed by atoms with Gasteiger partial charge < -0.3 is 5.32 Å². The maximum atomic E-state index is 4.21. The Morgan fingerprint density at radius 2 is 2.36 bits per heavy atom. The molecule has 0 aliphatic carbocycles. The van der Waals surface area contributed by atoms with Gasteiger partial charge in [-0.05, 0) is 35.4 Å². The number of hydrogen-bond donors (Lipinski definition) is 1. The molecule has 0 bridgehead atoms. The number of hydrogen-bond acceptors (Lipinski definition) is 4. The molecule has 2 heterocycles. The van der Waals surface area contributed by atoms with Crippen LogP contribution in [0.4, 0.5) is 0 Å². The van der Waals surface area contributed by atoms with Gasteiger partial charge in [-0.2, -0.15) is 11.3 Å². The van der Waals surface area contributed by atoms with Crippen molar-refractivity contribution in [3.05, 3.63) is 39.0 Å². The summed E-state index contributed by atoms with van der Waals surface area (Å²) in [5.41, 5.74) is 1.42. The van der Waals surface area contributed by atoms with Crippen LogP contribution in [0.3, 0.4) is 0 Å². The van der Waals surface area contributed by atoms with Crippen LogP contribution < -0.4 is 5.32 Å². The first kappa shape index (κ1) is 9.83. The van der Waals surface area contributed by atoms with Crippen LogP contribution in [0.25, 0.3) is 0 Å². The fourth-order valence-corrected chi connectivity index (χ4v) is 2.49. The summed E-state index contributed by atoms with van der Waals surface area (Å²) in [7, 11) is 0. The van der Waals surface area contributed by atoms with Crippen molar-refractivity contribution in [1.82, 2.24) is 10.3 Å². The molecule has 0 aliphatic rings. The van der Waals surface area contributed by atoms with Crippen molar-refractivity contribution in [3.63, 3.8) is 0 Å². The molecule has 2 rings (SSSR count). The zero-order valence-electron chi connectivity index (χ0n) is 7.77. The number of thiophene rings is 1. The highest BCUT2D eigenvalue weighted by Crippen LogP contribution is 2.06. The molecule has 0 fully saturated rings. The average Bonchev–Trinajstić information content (AvgIpc) is 2.86. The van der Waals surface area contributed by atoms with Crippen LogP contribution in [0.5, 0.6) is 0 Å². The molecule has 0 aromatic carbocycles. The number of thiazole rings is 1. The van der Waals surface area contributed by atoms with E-state index in [2.05, 4.69) is 27.1 Å². The first-order chi connectivity index (χ1) is 6.95. The Labute approximate surface area is 91.6 Å². The first-order valence-electron chi connectivity index (χ1n) is 4.55. The van der Waals surface area contributed by atoms with Gasteiger partial charge in [-0.15, -0.1) is 11.3 Å². The van der Waals surface area contributed by atoms with E-state index >= 15 is 0 Å². The third kappa shape index (κ3) is 2.90. The third-order valence-corrected chi connectivity index (χ3v) is 3.44. The lowest BCUT2D eigenvalue weighted by atomic mass is 10.2. The standard InChI is InChI=1S/C10H12N2S2/c1(9-2-5-13-8-9)3-11-7-10-12-4-6-14-10/h2,4-6,8,11H,1,3,7H2. The zero-order valence-corrected chi connectivity index (χ0v) is 9.40. The predicted molar refractivity (Wildman–Crippen MR) is 61.8 cm³/mol. The quantitative estimate of drug-likeness (QED) is 0.789. The lowest BCUT2D eigenvalue weighted by Gasteiger charge is -2.00. The largest absolute Gasteiger partial charge is 0.310 e. The monoisotopic (exact) mass is 224 g/mol. The fourth-order valence-electron chi connectivity index (χ4n) is 1.20. The molecule has 74 valence electrons. The van der Waals surface area contributed by atoms with Crippen molar-refractivity contribution in [2.75, 3.05) is 6.54 Å².